The molecule has 4 N–H and O–H groups in total. The number of imidazole rings is 2. The average Bonchev–Trinajstić information content (AvgIpc) is 4.18. The van der Waals surface area contributed by atoms with Crippen LogP contribution in [0.1, 0.15) is 106 Å². The molecule has 12 rings (SSSR count). The van der Waals surface area contributed by atoms with Crippen molar-refractivity contribution in [3.05, 3.63) is 107 Å². The van der Waals surface area contributed by atoms with Crippen molar-refractivity contribution in [3.63, 3.8) is 0 Å². The number of likely N-dealkylation sites (tertiary alicyclic amines) is 2. The number of hydrogen-bond donors (Lipinski definition) is 4. The second-order valence-corrected chi connectivity index (χ2v) is 20.4. The highest BCUT2D eigenvalue weighted by Gasteiger charge is 2.45. The zero-order valence-electron chi connectivity index (χ0n) is 43.0. The minimum Gasteiger partial charge on any atom is -0.453 e. The van der Waals surface area contributed by atoms with Crippen LogP contribution in [0.4, 0.5) is 9.59 Å². The molecule has 4 bridgehead atoms. The first-order chi connectivity index (χ1) is 34.6. The predicted octanol–water partition coefficient (Wildman–Crippen LogP) is 8.94. The molecule has 0 radical (unpaired) electrons. The number of carbonyl (C=O) groups excluding carboxylic acids is 4. The summed E-state index contributed by atoms with van der Waals surface area (Å²) in [4.78, 5) is 73.9. The summed E-state index contributed by atoms with van der Waals surface area (Å²) in [7, 11) is 5.59. The number of carbonyl (C=O) groups is 4. The van der Waals surface area contributed by atoms with Crippen molar-refractivity contribution in [1.82, 2.24) is 40.4 Å². The first kappa shape index (κ1) is 50.2. The molecular weight excluding hydrogens is 913 g/mol. The second-order valence-electron chi connectivity index (χ2n) is 20.4. The summed E-state index contributed by atoms with van der Waals surface area (Å²) in [6.07, 6.45) is 1.41. The van der Waals surface area contributed by atoms with Crippen LogP contribution in [0.25, 0.3) is 44.3 Å². The molecule has 380 valence electrons. The van der Waals surface area contributed by atoms with E-state index in [-0.39, 0.29) is 47.7 Å². The fourth-order valence-corrected chi connectivity index (χ4v) is 11.2. The number of aromatic nitrogens is 4. The maximum Gasteiger partial charge on any atom is 0.407 e. The van der Waals surface area contributed by atoms with Crippen molar-refractivity contribution < 1.29 is 38.1 Å². The Bertz CT molecular complexity index is 3000. The fraction of sp³-hybridized carbons (Fsp3) is 0.464. The summed E-state index contributed by atoms with van der Waals surface area (Å²) < 4.78 is 20.7. The number of benzene rings is 4. The molecule has 6 aliphatic rings. The molecular formula is C56H68N8O8. The lowest BCUT2D eigenvalue weighted by molar-refractivity contribution is -0.140. The van der Waals surface area contributed by atoms with Crippen molar-refractivity contribution in [3.8, 4) is 22.3 Å². The van der Waals surface area contributed by atoms with E-state index in [4.69, 9.17) is 28.9 Å². The van der Waals surface area contributed by atoms with Crippen molar-refractivity contribution in [2.45, 2.75) is 122 Å². The first-order valence-corrected chi connectivity index (χ1v) is 25.2. The molecule has 2 aromatic heterocycles. The highest BCUT2D eigenvalue weighted by molar-refractivity contribution is 5.89. The van der Waals surface area contributed by atoms with E-state index in [1.54, 1.807) is 18.7 Å². The van der Waals surface area contributed by atoms with Gasteiger partial charge >= 0.3 is 12.2 Å². The lowest BCUT2D eigenvalue weighted by atomic mass is 9.84. The largest absolute Gasteiger partial charge is 0.453 e. The molecule has 4 aromatic carbocycles. The number of fused-ring (bicyclic) bond motifs is 2. The number of nitrogens with one attached hydrogen (secondary N) is 4. The normalized spacial score (nSPS) is 22.6. The van der Waals surface area contributed by atoms with Gasteiger partial charge in [0.1, 0.15) is 23.7 Å². The van der Waals surface area contributed by atoms with E-state index < -0.39 is 36.5 Å². The van der Waals surface area contributed by atoms with Crippen LogP contribution < -0.4 is 10.6 Å². The summed E-state index contributed by atoms with van der Waals surface area (Å²) in [6, 6.07) is 24.0. The SMILES string of the molecule is COC(=O)N[C@H](C(=O)N1C[C@H](C)C[C@H]1c1nc2ccc(-c3cc4ccc3C[C@@H](C)c3ccc(c(-c5ccc6nc([C@@H]7C[C@@H](C)[C@@H](C)N7C(=O)[C@@H](NC(=O)OC)[C@@H](C)OC)[nH]c6c5)c3)CC4)cc2[nH]1)[C@@H](C)OC. The Labute approximate surface area is 420 Å². The van der Waals surface area contributed by atoms with Gasteiger partial charge in [0.2, 0.25) is 11.8 Å². The van der Waals surface area contributed by atoms with Gasteiger partial charge < -0.3 is 49.3 Å². The third-order valence-corrected chi connectivity index (χ3v) is 15.7. The number of H-pyrrole nitrogens is 2. The zero-order valence-corrected chi connectivity index (χ0v) is 43.0. The van der Waals surface area contributed by atoms with Gasteiger partial charge in [-0.1, -0.05) is 69.3 Å². The van der Waals surface area contributed by atoms with Crippen LogP contribution in [0.3, 0.4) is 0 Å². The zero-order chi connectivity index (χ0) is 51.1. The molecule has 0 spiro atoms. The second kappa shape index (κ2) is 20.7. The quantitative estimate of drug-likeness (QED) is 0.0920. The van der Waals surface area contributed by atoms with Crippen molar-refractivity contribution in [2.24, 2.45) is 11.8 Å². The van der Waals surface area contributed by atoms with Gasteiger partial charge in [0.15, 0.2) is 0 Å². The summed E-state index contributed by atoms with van der Waals surface area (Å²) in [5, 5.41) is 5.39. The van der Waals surface area contributed by atoms with Crippen molar-refractivity contribution >= 4 is 46.1 Å². The molecule has 2 fully saturated rings. The first-order valence-electron chi connectivity index (χ1n) is 25.2. The molecule has 16 nitrogen and oxygen atoms in total. The standard InChI is InChI=1S/C56H68N8O8/c1-29-21-47(63(28-29)53(65)49(33(5)69-7)61-55(67)71-9)51-57-43-19-17-39(26-45(43)59-51)41-24-35-11-13-36-15-16-37(31(3)22-38(41)14-12-35)25-42(36)40-18-20-44-46(27-40)60-52(58-44)48-23-30(2)32(4)64(48)54(66)50(34(6)70-8)62-56(68)72-10/h12,14-20,24-27,29-34,47-50H,11,13,21-23,28H2,1-10H3,(H,57,59)(H,58,60)(H,61,67)(H,62,68)/t29-,30-,31-,32-,33-,34-,47+,48+,49+,50+/m1/s1. The summed E-state index contributed by atoms with van der Waals surface area (Å²) in [6.45, 7) is 12.6. The number of aromatic amines is 2. The number of aryl methyl sites for hydroxylation is 2. The van der Waals surface area contributed by atoms with E-state index in [0.717, 1.165) is 65.3 Å². The maximum absolute atomic E-state index is 14.3. The average molecular weight is 981 g/mol. The smallest absolute Gasteiger partial charge is 0.407 e. The van der Waals surface area contributed by atoms with E-state index in [2.05, 4.69) is 114 Å². The molecule has 72 heavy (non-hydrogen) atoms. The van der Waals surface area contributed by atoms with Gasteiger partial charge in [-0.15, -0.1) is 0 Å². The van der Waals surface area contributed by atoms with Crippen LogP contribution in [0.15, 0.2) is 72.8 Å². The fourth-order valence-electron chi connectivity index (χ4n) is 11.2. The van der Waals surface area contributed by atoms with Gasteiger partial charge in [0, 0.05) is 26.8 Å². The van der Waals surface area contributed by atoms with E-state index in [0.29, 0.717) is 18.2 Å². The summed E-state index contributed by atoms with van der Waals surface area (Å²) >= 11 is 0. The summed E-state index contributed by atoms with van der Waals surface area (Å²) in [5.74, 6) is 1.57. The molecule has 16 heteroatoms. The van der Waals surface area contributed by atoms with Crippen LogP contribution in [-0.2, 0) is 47.8 Å². The van der Waals surface area contributed by atoms with Gasteiger partial charge in [-0.2, -0.15) is 0 Å². The van der Waals surface area contributed by atoms with Gasteiger partial charge in [-0.05, 0) is 139 Å². The molecule has 4 heterocycles. The van der Waals surface area contributed by atoms with Crippen LogP contribution in [0.5, 0.6) is 0 Å². The van der Waals surface area contributed by atoms with Crippen LogP contribution in [0.2, 0.25) is 0 Å². The molecule has 0 saturated carbocycles. The van der Waals surface area contributed by atoms with Gasteiger partial charge in [-0.3, -0.25) is 9.59 Å². The minimum atomic E-state index is -0.934. The Balaban J connectivity index is 0.972. The van der Waals surface area contributed by atoms with Gasteiger partial charge in [-0.25, -0.2) is 19.6 Å². The van der Waals surface area contributed by atoms with Gasteiger partial charge in [0.05, 0.1) is 60.6 Å². The Morgan fingerprint density at radius 1 is 0.653 bits per heavy atom. The molecule has 2 aliphatic heterocycles. The number of rotatable bonds is 12. The van der Waals surface area contributed by atoms with E-state index in [1.165, 1.54) is 61.8 Å². The van der Waals surface area contributed by atoms with E-state index in [1.807, 2.05) is 11.8 Å². The lowest BCUT2D eigenvalue weighted by Gasteiger charge is -2.33. The van der Waals surface area contributed by atoms with Crippen LogP contribution >= 0.6 is 0 Å². The van der Waals surface area contributed by atoms with Gasteiger partial charge in [0.25, 0.3) is 0 Å². The van der Waals surface area contributed by atoms with E-state index in [9.17, 15) is 19.2 Å². The molecule has 2 saturated heterocycles. The number of amides is 4. The monoisotopic (exact) mass is 981 g/mol. The van der Waals surface area contributed by atoms with Crippen LogP contribution in [-0.4, -0.2) is 119 Å². The highest BCUT2D eigenvalue weighted by Crippen LogP contribution is 2.42. The number of alkyl carbamates (subject to hydrolysis) is 2. The number of hydrogen-bond acceptors (Lipinski definition) is 10. The lowest BCUT2D eigenvalue weighted by Crippen LogP contribution is -2.55. The Kier molecular flexibility index (Phi) is 14.5. The maximum atomic E-state index is 14.3. The predicted molar refractivity (Wildman–Crippen MR) is 275 cm³/mol. The Morgan fingerprint density at radius 3 is 1.82 bits per heavy atom. The number of ether oxygens (including phenoxy) is 4. The number of nitrogens with zero attached hydrogens (tertiary/aromatic N) is 4. The molecule has 6 aromatic rings. The summed E-state index contributed by atoms with van der Waals surface area (Å²) in [5.41, 5.74) is 13.0. The van der Waals surface area contributed by atoms with Crippen LogP contribution in [0, 0.1) is 11.8 Å². The molecule has 4 amide bonds. The third kappa shape index (κ3) is 9.78. The molecule has 10 atom stereocenters. The van der Waals surface area contributed by atoms with Crippen molar-refractivity contribution in [2.75, 3.05) is 35.0 Å². The number of methoxy groups -OCH3 is 4. The Hall–Kier alpha value is -6.78. The minimum absolute atomic E-state index is 0.0981. The molecule has 0 unspecified atom stereocenters. The Morgan fingerprint density at radius 2 is 1.22 bits per heavy atom. The molecule has 4 aliphatic carbocycles. The van der Waals surface area contributed by atoms with Crippen molar-refractivity contribution in [1.29, 1.82) is 0 Å². The topological polar surface area (TPSA) is 193 Å². The highest BCUT2D eigenvalue weighted by atomic mass is 16.5. The third-order valence-electron chi connectivity index (χ3n) is 15.7. The van der Waals surface area contributed by atoms with E-state index >= 15 is 0 Å².